The maximum Gasteiger partial charge on any atom is 0.322 e. The van der Waals surface area contributed by atoms with Crippen molar-refractivity contribution < 1.29 is 9.59 Å². The third kappa shape index (κ3) is 4.15. The summed E-state index contributed by atoms with van der Waals surface area (Å²) >= 11 is 0. The highest BCUT2D eigenvalue weighted by molar-refractivity contribution is 5.95. The van der Waals surface area contributed by atoms with Gasteiger partial charge in [-0.3, -0.25) is 14.7 Å². The van der Waals surface area contributed by atoms with Crippen LogP contribution in [0.25, 0.3) is 0 Å². The molecule has 3 fully saturated rings. The number of carbonyl (C=O) groups excluding carboxylic acids is 2. The van der Waals surface area contributed by atoms with Crippen molar-refractivity contribution in [2.45, 2.75) is 44.3 Å². The van der Waals surface area contributed by atoms with Crippen LogP contribution in [0.4, 0.5) is 16.2 Å². The number of piperazine rings is 1. The summed E-state index contributed by atoms with van der Waals surface area (Å²) in [6.45, 7) is 5.46. The number of carbonyl (C=O) groups is 2. The van der Waals surface area contributed by atoms with E-state index >= 15 is 0 Å². The number of nitrogens with zero attached hydrogens (tertiary/aromatic N) is 4. The third-order valence-electron chi connectivity index (χ3n) is 7.23. The minimum atomic E-state index is 0.00797. The molecule has 1 aromatic heterocycles. The second-order valence-electron chi connectivity index (χ2n) is 9.62. The Morgan fingerprint density at radius 1 is 1.06 bits per heavy atom. The zero-order valence-corrected chi connectivity index (χ0v) is 18.8. The van der Waals surface area contributed by atoms with Gasteiger partial charge in [0.2, 0.25) is 0 Å². The molecule has 33 heavy (non-hydrogen) atoms. The lowest BCUT2D eigenvalue weighted by Crippen LogP contribution is -2.46. The van der Waals surface area contributed by atoms with Crippen molar-refractivity contribution in [1.82, 2.24) is 20.1 Å². The maximum absolute atomic E-state index is 12.4. The van der Waals surface area contributed by atoms with E-state index in [0.717, 1.165) is 93.1 Å². The standard InChI is InChI=1S/C25H30N6O2/c32-24(27-19-5-6-19)18-3-7-20(8-4-18)30-12-10-29(11-13-30)16-17-14-21-23(26-15-17)22-2-1-9-31(22)25(33)28-21/h3-4,7-8,14-15,19,22H,1-2,5-6,9-13,16H2,(H,27,32)(H,28,33). The molecule has 0 radical (unpaired) electrons. The Hall–Kier alpha value is -3.13. The molecular weight excluding hydrogens is 416 g/mol. The van der Waals surface area contributed by atoms with E-state index in [1.165, 1.54) is 0 Å². The summed E-state index contributed by atoms with van der Waals surface area (Å²) in [4.78, 5) is 36.0. The van der Waals surface area contributed by atoms with E-state index in [1.807, 2.05) is 23.2 Å². The highest BCUT2D eigenvalue weighted by Gasteiger charge is 2.37. The molecule has 1 aromatic carbocycles. The molecule has 3 aliphatic heterocycles. The number of benzene rings is 1. The molecule has 2 N–H and O–H groups in total. The molecule has 0 spiro atoms. The number of hydrogen-bond donors (Lipinski definition) is 2. The van der Waals surface area contributed by atoms with Crippen LogP contribution in [-0.2, 0) is 6.54 Å². The Bertz CT molecular complexity index is 1060. The molecule has 4 heterocycles. The van der Waals surface area contributed by atoms with E-state index in [0.29, 0.717) is 6.04 Å². The fraction of sp³-hybridized carbons (Fsp3) is 0.480. The average molecular weight is 447 g/mol. The molecule has 172 valence electrons. The molecule has 3 amide bonds. The topological polar surface area (TPSA) is 80.8 Å². The van der Waals surface area contributed by atoms with Crippen molar-refractivity contribution in [1.29, 1.82) is 0 Å². The number of pyridine rings is 1. The van der Waals surface area contributed by atoms with Crippen LogP contribution in [0.3, 0.4) is 0 Å². The van der Waals surface area contributed by atoms with Crippen LogP contribution in [0.5, 0.6) is 0 Å². The number of urea groups is 1. The lowest BCUT2D eigenvalue weighted by Gasteiger charge is -2.36. The molecular formula is C25H30N6O2. The minimum Gasteiger partial charge on any atom is -0.369 e. The lowest BCUT2D eigenvalue weighted by atomic mass is 10.1. The van der Waals surface area contributed by atoms with Gasteiger partial charge in [-0.1, -0.05) is 0 Å². The summed E-state index contributed by atoms with van der Waals surface area (Å²) in [5.74, 6) is 0.0318. The molecule has 1 atom stereocenters. The van der Waals surface area contributed by atoms with Crippen LogP contribution in [-0.4, -0.2) is 65.5 Å². The molecule has 0 bridgehead atoms. The minimum absolute atomic E-state index is 0.00797. The Kier molecular flexibility index (Phi) is 5.17. The van der Waals surface area contributed by atoms with E-state index < -0.39 is 0 Å². The zero-order valence-electron chi connectivity index (χ0n) is 18.8. The van der Waals surface area contributed by atoms with Gasteiger partial charge in [0.1, 0.15) is 0 Å². The van der Waals surface area contributed by atoms with E-state index in [1.54, 1.807) is 0 Å². The van der Waals surface area contributed by atoms with Crippen LogP contribution in [0.15, 0.2) is 36.5 Å². The van der Waals surface area contributed by atoms with Gasteiger partial charge in [-0.15, -0.1) is 0 Å². The number of nitrogens with one attached hydrogen (secondary N) is 2. The van der Waals surface area contributed by atoms with Gasteiger partial charge in [0.05, 0.1) is 17.4 Å². The predicted octanol–water partition coefficient (Wildman–Crippen LogP) is 2.98. The fourth-order valence-electron chi connectivity index (χ4n) is 5.19. The van der Waals surface area contributed by atoms with Gasteiger partial charge in [-0.05, 0) is 61.6 Å². The molecule has 1 aliphatic carbocycles. The summed E-state index contributed by atoms with van der Waals surface area (Å²) in [5, 5.41) is 6.07. The van der Waals surface area contributed by atoms with Crippen molar-refractivity contribution in [2.75, 3.05) is 42.9 Å². The zero-order chi connectivity index (χ0) is 22.4. The Balaban J connectivity index is 1.05. The van der Waals surface area contributed by atoms with Crippen LogP contribution >= 0.6 is 0 Å². The number of hydrogen-bond acceptors (Lipinski definition) is 5. The molecule has 2 saturated heterocycles. The van der Waals surface area contributed by atoms with Crippen LogP contribution in [0, 0.1) is 0 Å². The van der Waals surface area contributed by atoms with Crippen molar-refractivity contribution in [2.24, 2.45) is 0 Å². The summed E-state index contributed by atoms with van der Waals surface area (Å²) in [6, 6.07) is 10.6. The number of anilines is 2. The third-order valence-corrected chi connectivity index (χ3v) is 7.23. The number of aromatic nitrogens is 1. The quantitative estimate of drug-likeness (QED) is 0.738. The highest BCUT2D eigenvalue weighted by Crippen LogP contribution is 2.38. The maximum atomic E-state index is 12.4. The molecule has 1 saturated carbocycles. The van der Waals surface area contributed by atoms with Crippen LogP contribution in [0.2, 0.25) is 0 Å². The van der Waals surface area contributed by atoms with Gasteiger partial charge >= 0.3 is 6.03 Å². The van der Waals surface area contributed by atoms with Crippen LogP contribution < -0.4 is 15.5 Å². The van der Waals surface area contributed by atoms with Crippen molar-refractivity contribution in [3.05, 3.63) is 53.3 Å². The second-order valence-corrected chi connectivity index (χ2v) is 9.62. The highest BCUT2D eigenvalue weighted by atomic mass is 16.2. The number of rotatable bonds is 5. The Morgan fingerprint density at radius 3 is 2.61 bits per heavy atom. The van der Waals surface area contributed by atoms with Gasteiger partial charge in [0.25, 0.3) is 5.91 Å². The lowest BCUT2D eigenvalue weighted by molar-refractivity contribution is 0.0951. The van der Waals surface area contributed by atoms with E-state index in [-0.39, 0.29) is 18.0 Å². The first-order chi connectivity index (χ1) is 16.1. The number of amides is 3. The van der Waals surface area contributed by atoms with Crippen LogP contribution in [0.1, 0.15) is 53.3 Å². The Morgan fingerprint density at radius 2 is 1.85 bits per heavy atom. The largest absolute Gasteiger partial charge is 0.369 e. The Labute approximate surface area is 193 Å². The molecule has 8 heteroatoms. The van der Waals surface area contributed by atoms with Gasteiger partial charge in [0.15, 0.2) is 0 Å². The first-order valence-electron chi connectivity index (χ1n) is 12.1. The summed E-state index contributed by atoms with van der Waals surface area (Å²) in [6.07, 6.45) is 6.22. The predicted molar refractivity (Wildman–Crippen MR) is 126 cm³/mol. The fourth-order valence-corrected chi connectivity index (χ4v) is 5.19. The molecule has 2 aromatic rings. The van der Waals surface area contributed by atoms with Gasteiger partial charge in [0, 0.05) is 62.8 Å². The van der Waals surface area contributed by atoms with Crippen molar-refractivity contribution in [3.63, 3.8) is 0 Å². The van der Waals surface area contributed by atoms with Crippen molar-refractivity contribution >= 4 is 23.3 Å². The van der Waals surface area contributed by atoms with Gasteiger partial charge in [-0.25, -0.2) is 4.79 Å². The van der Waals surface area contributed by atoms with E-state index in [2.05, 4.69) is 38.6 Å². The monoisotopic (exact) mass is 446 g/mol. The molecule has 6 rings (SSSR count). The average Bonchev–Trinajstić information content (AvgIpc) is 3.50. The number of fused-ring (bicyclic) bond motifs is 3. The smallest absolute Gasteiger partial charge is 0.322 e. The van der Waals surface area contributed by atoms with Gasteiger partial charge < -0.3 is 20.4 Å². The normalized spacial score (nSPS) is 22.5. The van der Waals surface area contributed by atoms with Crippen molar-refractivity contribution in [3.8, 4) is 0 Å². The molecule has 4 aliphatic rings. The summed E-state index contributed by atoms with van der Waals surface area (Å²) < 4.78 is 0. The second kappa shape index (κ2) is 8.33. The molecule has 8 nitrogen and oxygen atoms in total. The molecule has 1 unspecified atom stereocenters. The summed E-state index contributed by atoms with van der Waals surface area (Å²) in [7, 11) is 0. The van der Waals surface area contributed by atoms with E-state index in [4.69, 9.17) is 4.98 Å². The van der Waals surface area contributed by atoms with Gasteiger partial charge in [-0.2, -0.15) is 0 Å². The van der Waals surface area contributed by atoms with E-state index in [9.17, 15) is 9.59 Å². The summed E-state index contributed by atoms with van der Waals surface area (Å²) in [5.41, 5.74) is 4.92. The first kappa shape index (κ1) is 20.5. The first-order valence-corrected chi connectivity index (χ1v) is 12.1. The SMILES string of the molecule is O=C(NC1CC1)c1ccc(N2CCN(Cc3cnc4c(c3)NC(=O)N3CCCC43)CC2)cc1.